The highest BCUT2D eigenvalue weighted by Crippen LogP contribution is 2.15. The summed E-state index contributed by atoms with van der Waals surface area (Å²) >= 11 is 5.10. The Balaban J connectivity index is 1.96. The predicted octanol–water partition coefficient (Wildman–Crippen LogP) is 1.41. The molecule has 0 saturated carbocycles. The SMILES string of the molecule is CCC(C(N)=S)N1CCN(C(=O)c2occc2C)CC1. The molecular weight excluding hydrogens is 274 g/mol. The van der Waals surface area contributed by atoms with E-state index in [0.29, 0.717) is 23.8 Å². The number of furan rings is 1. The Kier molecular flexibility index (Phi) is 4.77. The summed E-state index contributed by atoms with van der Waals surface area (Å²) in [7, 11) is 0. The molecule has 1 amide bonds. The molecule has 0 aromatic carbocycles. The van der Waals surface area contributed by atoms with Crippen molar-refractivity contribution in [3.8, 4) is 0 Å². The maximum absolute atomic E-state index is 12.3. The van der Waals surface area contributed by atoms with Crippen molar-refractivity contribution in [1.29, 1.82) is 0 Å². The number of amides is 1. The van der Waals surface area contributed by atoms with Gasteiger partial charge in [-0.05, 0) is 19.4 Å². The van der Waals surface area contributed by atoms with Crippen LogP contribution in [-0.4, -0.2) is 52.9 Å². The van der Waals surface area contributed by atoms with Crippen molar-refractivity contribution in [2.24, 2.45) is 5.73 Å². The van der Waals surface area contributed by atoms with E-state index in [0.717, 1.165) is 25.1 Å². The van der Waals surface area contributed by atoms with Gasteiger partial charge in [0.05, 0.1) is 17.3 Å². The average molecular weight is 295 g/mol. The molecule has 2 rings (SSSR count). The summed E-state index contributed by atoms with van der Waals surface area (Å²) in [5.41, 5.74) is 6.65. The molecule has 1 aliphatic heterocycles. The first-order valence-electron chi connectivity index (χ1n) is 6.91. The minimum absolute atomic E-state index is 0.0319. The van der Waals surface area contributed by atoms with Crippen molar-refractivity contribution >= 4 is 23.1 Å². The van der Waals surface area contributed by atoms with Gasteiger partial charge in [0.1, 0.15) is 0 Å². The Hall–Kier alpha value is -1.40. The van der Waals surface area contributed by atoms with Crippen LogP contribution in [0.5, 0.6) is 0 Å². The Morgan fingerprint density at radius 3 is 2.55 bits per heavy atom. The lowest BCUT2D eigenvalue weighted by Crippen LogP contribution is -2.54. The summed E-state index contributed by atoms with van der Waals surface area (Å²) in [5.74, 6) is 0.412. The minimum Gasteiger partial charge on any atom is -0.459 e. The lowest BCUT2D eigenvalue weighted by Gasteiger charge is -2.38. The summed E-state index contributed by atoms with van der Waals surface area (Å²) in [5, 5.41) is 0. The van der Waals surface area contributed by atoms with Crippen molar-refractivity contribution in [3.63, 3.8) is 0 Å². The van der Waals surface area contributed by atoms with Crippen molar-refractivity contribution in [1.82, 2.24) is 9.80 Å². The van der Waals surface area contributed by atoms with Crippen LogP contribution in [0.15, 0.2) is 16.7 Å². The molecule has 2 N–H and O–H groups in total. The maximum Gasteiger partial charge on any atom is 0.289 e. The Morgan fingerprint density at radius 1 is 1.45 bits per heavy atom. The van der Waals surface area contributed by atoms with Gasteiger partial charge in [0, 0.05) is 31.7 Å². The van der Waals surface area contributed by atoms with Crippen molar-refractivity contribution in [2.45, 2.75) is 26.3 Å². The van der Waals surface area contributed by atoms with Crippen LogP contribution in [0.1, 0.15) is 29.5 Å². The first-order chi connectivity index (χ1) is 9.54. The average Bonchev–Trinajstić information content (AvgIpc) is 2.85. The van der Waals surface area contributed by atoms with Gasteiger partial charge in [-0.25, -0.2) is 0 Å². The molecule has 2 heterocycles. The number of nitrogens with two attached hydrogens (primary N) is 1. The zero-order valence-electron chi connectivity index (χ0n) is 12.0. The number of thiocarbonyl (C=S) groups is 1. The van der Waals surface area contributed by atoms with Gasteiger partial charge in [-0.2, -0.15) is 0 Å². The van der Waals surface area contributed by atoms with Gasteiger partial charge in [-0.15, -0.1) is 0 Å². The third kappa shape index (κ3) is 3.02. The van der Waals surface area contributed by atoms with E-state index in [9.17, 15) is 4.79 Å². The van der Waals surface area contributed by atoms with Gasteiger partial charge >= 0.3 is 0 Å². The van der Waals surface area contributed by atoms with Gasteiger partial charge in [-0.3, -0.25) is 9.69 Å². The zero-order chi connectivity index (χ0) is 14.7. The second kappa shape index (κ2) is 6.37. The summed E-state index contributed by atoms with van der Waals surface area (Å²) in [6.45, 7) is 6.90. The van der Waals surface area contributed by atoms with Gasteiger partial charge in [0.15, 0.2) is 5.76 Å². The fourth-order valence-corrected chi connectivity index (χ4v) is 2.93. The molecular formula is C14H21N3O2S. The third-order valence-corrected chi connectivity index (χ3v) is 4.09. The third-order valence-electron chi connectivity index (χ3n) is 3.81. The standard InChI is InChI=1S/C14H21N3O2S/c1-3-11(13(15)20)16-5-7-17(8-6-16)14(18)12-10(2)4-9-19-12/h4,9,11H,3,5-8H2,1-2H3,(H2,15,20). The molecule has 1 aliphatic rings. The van der Waals surface area contributed by atoms with Gasteiger partial charge in [0.2, 0.25) is 0 Å². The summed E-state index contributed by atoms with van der Waals surface area (Å²) in [6, 6.07) is 1.94. The van der Waals surface area contributed by atoms with Crippen molar-refractivity contribution in [3.05, 3.63) is 23.7 Å². The second-order valence-electron chi connectivity index (χ2n) is 5.09. The van der Waals surface area contributed by atoms with Gasteiger partial charge < -0.3 is 15.1 Å². The molecule has 1 atom stereocenters. The van der Waals surface area contributed by atoms with Gasteiger partial charge in [-0.1, -0.05) is 19.1 Å². The zero-order valence-corrected chi connectivity index (χ0v) is 12.8. The van der Waals surface area contributed by atoms with E-state index in [1.807, 2.05) is 17.9 Å². The summed E-state index contributed by atoms with van der Waals surface area (Å²) in [6.07, 6.45) is 2.46. The Bertz CT molecular complexity index is 492. The van der Waals surface area contributed by atoms with Crippen LogP contribution in [0, 0.1) is 6.92 Å². The monoisotopic (exact) mass is 295 g/mol. The highest BCUT2D eigenvalue weighted by Gasteiger charge is 2.28. The summed E-state index contributed by atoms with van der Waals surface area (Å²) < 4.78 is 5.27. The highest BCUT2D eigenvalue weighted by atomic mass is 32.1. The fraction of sp³-hybridized carbons (Fsp3) is 0.571. The lowest BCUT2D eigenvalue weighted by molar-refractivity contribution is 0.0581. The van der Waals surface area contributed by atoms with E-state index in [4.69, 9.17) is 22.4 Å². The van der Waals surface area contributed by atoms with Crippen LogP contribution >= 0.6 is 12.2 Å². The number of carbonyl (C=O) groups excluding carboxylic acids is 1. The number of piperazine rings is 1. The smallest absolute Gasteiger partial charge is 0.289 e. The molecule has 0 spiro atoms. The van der Waals surface area contributed by atoms with Crippen molar-refractivity contribution in [2.75, 3.05) is 26.2 Å². The van der Waals surface area contributed by atoms with Crippen LogP contribution in [0.25, 0.3) is 0 Å². The number of hydrogen-bond donors (Lipinski definition) is 1. The van der Waals surface area contributed by atoms with E-state index in [1.54, 1.807) is 6.26 Å². The highest BCUT2D eigenvalue weighted by molar-refractivity contribution is 7.80. The normalized spacial score (nSPS) is 18.0. The summed E-state index contributed by atoms with van der Waals surface area (Å²) in [4.78, 5) is 16.9. The Morgan fingerprint density at radius 2 is 2.10 bits per heavy atom. The quantitative estimate of drug-likeness (QED) is 0.851. The molecule has 6 heteroatoms. The molecule has 1 fully saturated rings. The molecule has 1 saturated heterocycles. The molecule has 0 bridgehead atoms. The molecule has 1 aromatic heterocycles. The van der Waals surface area contributed by atoms with Crippen molar-refractivity contribution < 1.29 is 9.21 Å². The molecule has 0 aliphatic carbocycles. The van der Waals surface area contributed by atoms with Crippen LogP contribution in [0.3, 0.4) is 0 Å². The molecule has 20 heavy (non-hydrogen) atoms. The van der Waals surface area contributed by atoms with Crippen LogP contribution in [-0.2, 0) is 0 Å². The second-order valence-corrected chi connectivity index (χ2v) is 5.56. The number of aryl methyl sites for hydroxylation is 1. The minimum atomic E-state index is -0.0319. The van der Waals surface area contributed by atoms with Crippen LogP contribution in [0.4, 0.5) is 0 Å². The van der Waals surface area contributed by atoms with E-state index in [2.05, 4.69) is 11.8 Å². The first-order valence-corrected chi connectivity index (χ1v) is 7.32. The fourth-order valence-electron chi connectivity index (χ4n) is 2.61. The number of rotatable bonds is 4. The maximum atomic E-state index is 12.3. The number of hydrogen-bond acceptors (Lipinski definition) is 4. The van der Waals surface area contributed by atoms with E-state index >= 15 is 0 Å². The van der Waals surface area contributed by atoms with E-state index < -0.39 is 0 Å². The van der Waals surface area contributed by atoms with E-state index in [1.165, 1.54) is 0 Å². The van der Waals surface area contributed by atoms with Crippen LogP contribution < -0.4 is 5.73 Å². The topological polar surface area (TPSA) is 62.7 Å². The predicted molar refractivity (Wildman–Crippen MR) is 81.8 cm³/mol. The molecule has 1 aromatic rings. The molecule has 110 valence electrons. The van der Waals surface area contributed by atoms with Crippen LogP contribution in [0.2, 0.25) is 0 Å². The largest absolute Gasteiger partial charge is 0.459 e. The number of nitrogens with zero attached hydrogens (tertiary/aromatic N) is 2. The van der Waals surface area contributed by atoms with E-state index in [-0.39, 0.29) is 11.9 Å². The molecule has 0 radical (unpaired) electrons. The molecule has 5 nitrogen and oxygen atoms in total. The first kappa shape index (κ1) is 15.0. The van der Waals surface area contributed by atoms with Gasteiger partial charge in [0.25, 0.3) is 5.91 Å². The lowest BCUT2D eigenvalue weighted by atomic mass is 10.1. The Labute approximate surface area is 124 Å². The molecule has 1 unspecified atom stereocenters. The number of carbonyl (C=O) groups is 1.